The Bertz CT molecular complexity index is 1430. The second-order valence-corrected chi connectivity index (χ2v) is 18.5. The van der Waals surface area contributed by atoms with Gasteiger partial charge in [0.25, 0.3) is 0 Å². The zero-order chi connectivity index (χ0) is 35.4. The Morgan fingerprint density at radius 2 is 1.71 bits per heavy atom. The smallest absolute Gasteiger partial charge is 0.315 e. The van der Waals surface area contributed by atoms with Crippen LogP contribution in [0.2, 0.25) is 0 Å². The number of benzene rings is 1. The van der Waals surface area contributed by atoms with E-state index in [1.165, 1.54) is 44.0 Å². The van der Waals surface area contributed by atoms with Crippen molar-refractivity contribution in [3.8, 4) is 0 Å². The zero-order valence-electron chi connectivity index (χ0n) is 31.7. The highest BCUT2D eigenvalue weighted by Gasteiger charge is 2.86. The van der Waals surface area contributed by atoms with Gasteiger partial charge in [-0.05, 0) is 79.1 Å². The second-order valence-electron chi connectivity index (χ2n) is 18.5. The van der Waals surface area contributed by atoms with Crippen molar-refractivity contribution in [2.75, 3.05) is 52.4 Å². The molecule has 2 N–H and O–H groups in total. The maximum Gasteiger partial charge on any atom is 0.315 e. The topological polar surface area (TPSA) is 82.1 Å². The van der Waals surface area contributed by atoms with Crippen molar-refractivity contribution in [1.82, 2.24) is 15.1 Å². The van der Waals surface area contributed by atoms with Gasteiger partial charge < -0.3 is 24.9 Å². The second kappa shape index (κ2) is 14.3. The number of nitrogens with one attached hydrogen (secondary N) is 1. The summed E-state index contributed by atoms with van der Waals surface area (Å²) in [6.07, 6.45) is 15.7. The molecule has 5 aliphatic carbocycles. The van der Waals surface area contributed by atoms with E-state index in [4.69, 9.17) is 4.74 Å². The number of carboxylic acids is 1. The highest BCUT2D eigenvalue weighted by atomic mass is 16.5. The number of carbonyl (C=O) groups is 2. The van der Waals surface area contributed by atoms with Crippen LogP contribution in [0.1, 0.15) is 90.5 Å². The maximum absolute atomic E-state index is 14.2. The maximum atomic E-state index is 14.2. The lowest BCUT2D eigenvalue weighted by molar-refractivity contribution is -0.197. The summed E-state index contributed by atoms with van der Waals surface area (Å²) in [5.74, 6) is 1.64. The fourth-order valence-corrected chi connectivity index (χ4v) is 13.9. The molecule has 4 bridgehead atoms. The molecule has 2 saturated heterocycles. The van der Waals surface area contributed by atoms with E-state index in [0.717, 1.165) is 90.0 Å². The Labute approximate surface area is 307 Å². The monoisotopic (exact) mass is 699 g/mol. The molecule has 7 nitrogen and oxygen atoms in total. The first-order valence-electron chi connectivity index (χ1n) is 21.0. The van der Waals surface area contributed by atoms with Crippen LogP contribution in [-0.2, 0) is 20.7 Å². The van der Waals surface area contributed by atoms with Crippen LogP contribution in [0.15, 0.2) is 42.0 Å². The van der Waals surface area contributed by atoms with Gasteiger partial charge in [0.2, 0.25) is 0 Å². The SMILES string of the molecule is CC(C)C1=CC2CC3(C=O)[C@@H]4CC[C@@H](C)[C@H]4CC2([C@H]2C[C@@H](C4CCCCC4)[C@H](CNCCN4CCN(CCc5ccccc5)CC4)O2)[C@]13C(=O)O. The molecule has 7 heteroatoms. The number of carbonyl (C=O) groups excluding carboxylic acids is 1. The predicted molar refractivity (Wildman–Crippen MR) is 201 cm³/mol. The number of aldehydes is 1. The van der Waals surface area contributed by atoms with E-state index in [1.807, 2.05) is 0 Å². The average Bonchev–Trinajstić information content (AvgIpc) is 3.87. The molecule has 3 unspecified atom stereocenters. The lowest BCUT2D eigenvalue weighted by Crippen LogP contribution is -2.65. The third-order valence-electron chi connectivity index (χ3n) is 16.1. The number of aliphatic carboxylic acids is 1. The average molecular weight is 700 g/mol. The van der Waals surface area contributed by atoms with Gasteiger partial charge in [0, 0.05) is 57.8 Å². The van der Waals surface area contributed by atoms with Crippen LogP contribution < -0.4 is 5.32 Å². The van der Waals surface area contributed by atoms with Crippen molar-refractivity contribution in [3.05, 3.63) is 47.5 Å². The van der Waals surface area contributed by atoms with Crippen LogP contribution in [0.5, 0.6) is 0 Å². The molecular formula is C44H65N3O4. The molecule has 10 atom stereocenters. The first kappa shape index (κ1) is 35.9. The van der Waals surface area contributed by atoms with Gasteiger partial charge in [0.15, 0.2) is 0 Å². The summed E-state index contributed by atoms with van der Waals surface area (Å²) in [7, 11) is 0. The van der Waals surface area contributed by atoms with Gasteiger partial charge in [-0.15, -0.1) is 0 Å². The number of piperazine rings is 1. The number of hydrogen-bond donors (Lipinski definition) is 2. The van der Waals surface area contributed by atoms with E-state index in [-0.39, 0.29) is 30.0 Å². The zero-order valence-corrected chi connectivity index (χ0v) is 31.7. The Hall–Kier alpha value is -2.06. The fourth-order valence-electron chi connectivity index (χ4n) is 13.9. The molecule has 2 aliphatic heterocycles. The summed E-state index contributed by atoms with van der Waals surface area (Å²) in [5.41, 5.74) is -0.0567. The molecule has 0 amide bonds. The Morgan fingerprint density at radius 3 is 2.39 bits per heavy atom. The largest absolute Gasteiger partial charge is 0.481 e. The quantitative estimate of drug-likeness (QED) is 0.135. The van der Waals surface area contributed by atoms with Crippen molar-refractivity contribution < 1.29 is 19.4 Å². The Balaban J connectivity index is 0.976. The molecule has 7 aliphatic rings. The lowest BCUT2D eigenvalue weighted by Gasteiger charge is -2.60. The van der Waals surface area contributed by atoms with E-state index in [1.54, 1.807) is 0 Å². The number of allylic oxidation sites excluding steroid dienone is 1. The first-order valence-corrected chi connectivity index (χ1v) is 21.0. The summed E-state index contributed by atoms with van der Waals surface area (Å²) in [6.45, 7) is 15.2. The number of hydrogen-bond acceptors (Lipinski definition) is 6. The summed E-state index contributed by atoms with van der Waals surface area (Å²) < 4.78 is 7.42. The Morgan fingerprint density at radius 1 is 0.980 bits per heavy atom. The van der Waals surface area contributed by atoms with Crippen LogP contribution in [0.4, 0.5) is 0 Å². The van der Waals surface area contributed by atoms with Crippen LogP contribution in [0.3, 0.4) is 0 Å². The van der Waals surface area contributed by atoms with Crippen LogP contribution >= 0.6 is 0 Å². The molecule has 1 aromatic rings. The van der Waals surface area contributed by atoms with E-state index in [0.29, 0.717) is 30.1 Å². The van der Waals surface area contributed by atoms with Crippen molar-refractivity contribution >= 4 is 12.3 Å². The molecule has 280 valence electrons. The molecule has 0 spiro atoms. The summed E-state index contributed by atoms with van der Waals surface area (Å²) in [5, 5.41) is 15.5. The third kappa shape index (κ3) is 5.64. The minimum atomic E-state index is -1.15. The Kier molecular flexibility index (Phi) is 10.1. The number of carboxylic acid groups (broad SMARTS) is 1. The normalized spacial score (nSPS) is 41.3. The number of ether oxygens (including phenoxy) is 1. The predicted octanol–water partition coefficient (Wildman–Crippen LogP) is 6.71. The van der Waals surface area contributed by atoms with Gasteiger partial charge in [-0.1, -0.05) is 101 Å². The molecule has 51 heavy (non-hydrogen) atoms. The van der Waals surface area contributed by atoms with Crippen LogP contribution in [-0.4, -0.2) is 91.7 Å². The molecule has 0 aromatic heterocycles. The molecule has 0 radical (unpaired) electrons. The lowest BCUT2D eigenvalue weighted by atomic mass is 9.41. The van der Waals surface area contributed by atoms with Gasteiger partial charge in [-0.2, -0.15) is 0 Å². The molecule has 1 aromatic carbocycles. The van der Waals surface area contributed by atoms with E-state index in [2.05, 4.69) is 72.3 Å². The van der Waals surface area contributed by atoms with E-state index < -0.39 is 22.2 Å². The fraction of sp³-hybridized carbons (Fsp3) is 0.773. The van der Waals surface area contributed by atoms with Crippen molar-refractivity contribution in [1.29, 1.82) is 0 Å². The molecule has 2 heterocycles. The van der Waals surface area contributed by atoms with Gasteiger partial charge in [-0.3, -0.25) is 9.69 Å². The van der Waals surface area contributed by atoms with Gasteiger partial charge in [0.1, 0.15) is 11.7 Å². The highest BCUT2D eigenvalue weighted by molar-refractivity contribution is 5.90. The summed E-state index contributed by atoms with van der Waals surface area (Å²) >= 11 is 0. The minimum absolute atomic E-state index is 0.0965. The van der Waals surface area contributed by atoms with Gasteiger partial charge in [0.05, 0.1) is 17.6 Å². The molecule has 4 saturated carbocycles. The molecular weight excluding hydrogens is 635 g/mol. The van der Waals surface area contributed by atoms with E-state index >= 15 is 0 Å². The first-order chi connectivity index (χ1) is 24.7. The third-order valence-corrected chi connectivity index (χ3v) is 16.1. The van der Waals surface area contributed by atoms with Gasteiger partial charge >= 0.3 is 5.97 Å². The minimum Gasteiger partial charge on any atom is -0.481 e. The standard InChI is InChI=1S/C44H65N3O4/c1-30(2)38-24-34-26-42(29-48)37-15-14-31(3)36(37)27-43(34,44(38,42)41(49)50)40-25-35(33-12-8-5-9-13-33)39(51-40)28-45-17-19-47-22-20-46(21-23-47)18-16-32-10-6-4-7-11-32/h4,6-7,10-11,24,29-31,33-37,39-40,45H,5,8-9,12-23,25-28H2,1-3H3,(H,49,50)/t31-,34?,35+,36-,37-,39+,40-,42?,43?,44+/m1/s1. The number of fused-ring (bicyclic) bond motifs is 2. The summed E-state index contributed by atoms with van der Waals surface area (Å²) in [6, 6.07) is 10.8. The van der Waals surface area contributed by atoms with Crippen LogP contribution in [0, 0.1) is 57.7 Å². The van der Waals surface area contributed by atoms with E-state index in [9.17, 15) is 14.7 Å². The van der Waals surface area contributed by atoms with Crippen molar-refractivity contribution in [2.24, 2.45) is 57.7 Å². The molecule has 8 rings (SSSR count). The van der Waals surface area contributed by atoms with Gasteiger partial charge in [-0.25, -0.2) is 0 Å². The van der Waals surface area contributed by atoms with Crippen LogP contribution in [0.25, 0.3) is 0 Å². The number of nitrogens with zero attached hydrogens (tertiary/aromatic N) is 2. The highest BCUT2D eigenvalue weighted by Crippen LogP contribution is 2.84. The van der Waals surface area contributed by atoms with Crippen molar-refractivity contribution in [3.63, 3.8) is 0 Å². The molecule has 6 fully saturated rings. The summed E-state index contributed by atoms with van der Waals surface area (Å²) in [4.78, 5) is 33.0. The number of rotatable bonds is 13. The van der Waals surface area contributed by atoms with Crippen molar-refractivity contribution in [2.45, 2.75) is 104 Å².